The van der Waals surface area contributed by atoms with Gasteiger partial charge in [0, 0.05) is 63.4 Å². The fourth-order valence-electron chi connectivity index (χ4n) is 19.8. The number of aryl methyl sites for hydroxylation is 2. The van der Waals surface area contributed by atoms with Crippen LogP contribution in [-0.2, 0) is 44.8 Å². The molecule has 9 aromatic rings. The van der Waals surface area contributed by atoms with Crippen LogP contribution in [-0.4, -0.2) is 197 Å². The Kier molecular flexibility index (Phi) is 37.4. The van der Waals surface area contributed by atoms with Crippen molar-refractivity contribution >= 4 is 65.9 Å². The molecule has 6 N–H and O–H groups in total. The molecule has 35 heteroatoms. The number of methoxy groups -OCH3 is 4. The maximum absolute atomic E-state index is 14.5. The third kappa shape index (κ3) is 24.6. The molecule has 0 bridgehead atoms. The van der Waals surface area contributed by atoms with Crippen molar-refractivity contribution in [3.8, 4) is 5.75 Å². The molecule has 12 amide bonds. The van der Waals surface area contributed by atoms with Crippen LogP contribution in [0.1, 0.15) is 173 Å². The predicted molar refractivity (Wildman–Crippen MR) is 526 cm³/mol. The van der Waals surface area contributed by atoms with Gasteiger partial charge >= 0.3 is 54.1 Å². The van der Waals surface area contributed by atoms with E-state index in [2.05, 4.69) is 133 Å². The molecule has 9 aromatic carbocycles. The lowest BCUT2D eigenvalue weighted by Crippen LogP contribution is -2.54. The summed E-state index contributed by atoms with van der Waals surface area (Å²) < 4.78 is 146. The van der Waals surface area contributed by atoms with Gasteiger partial charge in [-0.3, -0.25) is 0 Å². The largest absolute Gasteiger partial charge is 0.496 e. The maximum Gasteiger partial charge on any atom is 0.337 e. The van der Waals surface area contributed by atoms with Gasteiger partial charge in [0.25, 0.3) is 0 Å². The van der Waals surface area contributed by atoms with Gasteiger partial charge in [-0.1, -0.05) is 124 Å². The number of thioether (sulfide) groups is 1. The number of nitrogens with one attached hydrogen (secondary N) is 6. The van der Waals surface area contributed by atoms with E-state index in [1.807, 2.05) is 18.4 Å². The summed E-state index contributed by atoms with van der Waals surface area (Å²) in [6, 6.07) is 43.3. The summed E-state index contributed by atoms with van der Waals surface area (Å²) in [6.45, 7) is 15.9. The van der Waals surface area contributed by atoms with Crippen molar-refractivity contribution in [3.05, 3.63) is 341 Å². The molecule has 3 saturated heterocycles. The van der Waals surface area contributed by atoms with Gasteiger partial charge in [0.15, 0.2) is 34.9 Å². The van der Waals surface area contributed by atoms with E-state index in [1.54, 1.807) is 30.0 Å². The smallest absolute Gasteiger partial charge is 0.337 e. The van der Waals surface area contributed by atoms with Crippen LogP contribution in [0.2, 0.25) is 0 Å². The number of carbonyl (C=O) groups excluding carboxylic acids is 9. The zero-order valence-electron chi connectivity index (χ0n) is 79.9. The first-order valence-corrected chi connectivity index (χ1v) is 47.5. The second-order valence-corrected chi connectivity index (χ2v) is 36.4. The van der Waals surface area contributed by atoms with Gasteiger partial charge in [-0.15, -0.1) is 11.8 Å². The van der Waals surface area contributed by atoms with E-state index in [1.165, 1.54) is 115 Å². The SMILES string of the molecule is C.C.COC(=O)C1=C(C)NC(=O)N(C(=O)NCCCN2CCC(c3ccc(C)cc3)(c3ccccc3C)CC2)C1c1ccc(F)c(F)c1.COC(=O)C1=C(C)NC(=O)N(C(=O)NCCCN2CCC(c3ccc(F)cc3)(c3cc(F)ccc3OC)CC2)C1c1ccc(F)c(F)c1.COC(=O)C1=C(C)NC(=O)N(C(=O)NCCCN2CCC(c3ccc(F)cc3)(c3ccc(SC)cc3)CC2)C1c1ccc(F)c(F)c1. The number of urea groups is 6. The highest BCUT2D eigenvalue weighted by atomic mass is 32.2. The number of esters is 3. The summed E-state index contributed by atoms with van der Waals surface area (Å²) in [5, 5.41) is 15.7. The van der Waals surface area contributed by atoms with E-state index in [0.717, 1.165) is 142 Å². The molecule has 0 spiro atoms. The molecule has 143 heavy (non-hydrogen) atoms. The van der Waals surface area contributed by atoms with Crippen molar-refractivity contribution in [2.24, 2.45) is 0 Å². The van der Waals surface area contributed by atoms with Crippen LogP contribution in [0.25, 0.3) is 0 Å². The molecule has 760 valence electrons. The molecular formula is C108H121F9N12O13S. The molecule has 3 fully saturated rings. The van der Waals surface area contributed by atoms with Crippen molar-refractivity contribution in [1.29, 1.82) is 0 Å². The lowest BCUT2D eigenvalue weighted by Gasteiger charge is -2.43. The molecule has 0 saturated carbocycles. The van der Waals surface area contributed by atoms with Gasteiger partial charge < -0.3 is 65.5 Å². The Morgan fingerprint density at radius 3 is 1.00 bits per heavy atom. The van der Waals surface area contributed by atoms with Gasteiger partial charge in [-0.2, -0.15) is 0 Å². The fraction of sp³-hybridized carbons (Fsp3) is 0.361. The molecule has 0 aromatic heterocycles. The Morgan fingerprint density at radius 2 is 0.678 bits per heavy atom. The second-order valence-electron chi connectivity index (χ2n) is 35.5. The Bertz CT molecular complexity index is 6210. The number of rotatable bonds is 26. The predicted octanol–water partition coefficient (Wildman–Crippen LogP) is 20.0. The number of piperidine rings is 3. The number of hydrogen-bond donors (Lipinski definition) is 6. The van der Waals surface area contributed by atoms with Gasteiger partial charge in [0.1, 0.15) is 41.3 Å². The topological polar surface area (TPSA) is 282 Å². The molecule has 25 nitrogen and oxygen atoms in total. The monoisotopic (exact) mass is 2000 g/mol. The van der Waals surface area contributed by atoms with Crippen molar-refractivity contribution in [2.75, 3.05) is 113 Å². The van der Waals surface area contributed by atoms with E-state index in [0.29, 0.717) is 69.6 Å². The Hall–Kier alpha value is -13.8. The molecule has 15 rings (SSSR count). The first kappa shape index (κ1) is 110. The van der Waals surface area contributed by atoms with Crippen LogP contribution in [0.15, 0.2) is 233 Å². The first-order valence-electron chi connectivity index (χ1n) is 46.3. The third-order valence-electron chi connectivity index (χ3n) is 27.3. The maximum atomic E-state index is 14.5. The van der Waals surface area contributed by atoms with Gasteiger partial charge in [-0.25, -0.2) is 97.4 Å². The van der Waals surface area contributed by atoms with Gasteiger partial charge in [-0.05, 0) is 299 Å². The van der Waals surface area contributed by atoms with E-state index >= 15 is 0 Å². The van der Waals surface area contributed by atoms with E-state index in [9.17, 15) is 82.7 Å². The van der Waals surface area contributed by atoms with Crippen molar-refractivity contribution in [1.82, 2.24) is 61.3 Å². The molecule has 6 heterocycles. The molecule has 3 unspecified atom stereocenters. The number of ether oxygens (including phenoxy) is 4. The van der Waals surface area contributed by atoms with Crippen molar-refractivity contribution in [3.63, 3.8) is 0 Å². The zero-order valence-corrected chi connectivity index (χ0v) is 80.7. The molecule has 6 aliphatic rings. The normalized spacial score (nSPS) is 17.9. The van der Waals surface area contributed by atoms with Gasteiger partial charge in [0.2, 0.25) is 0 Å². The Balaban J connectivity index is 0.000000203. The summed E-state index contributed by atoms with van der Waals surface area (Å²) >= 11 is 1.68. The number of amides is 12. The summed E-state index contributed by atoms with van der Waals surface area (Å²) in [5.74, 6) is -9.85. The number of hydrogen-bond acceptors (Lipinski definition) is 17. The highest BCUT2D eigenvalue weighted by Gasteiger charge is 2.48. The zero-order chi connectivity index (χ0) is 101. The van der Waals surface area contributed by atoms with Crippen LogP contribution < -0.4 is 36.6 Å². The van der Waals surface area contributed by atoms with Crippen molar-refractivity contribution in [2.45, 2.75) is 147 Å². The number of halogens is 9. The highest BCUT2D eigenvalue weighted by Crippen LogP contribution is 2.49. The average Bonchev–Trinajstić information content (AvgIpc) is 0.752. The summed E-state index contributed by atoms with van der Waals surface area (Å²) in [7, 11) is 4.97. The second kappa shape index (κ2) is 48.8. The number of imide groups is 3. The molecule has 6 aliphatic heterocycles. The van der Waals surface area contributed by atoms with E-state index < -0.39 is 118 Å². The molecule has 0 radical (unpaired) electrons. The molecule has 3 atom stereocenters. The minimum atomic E-state index is -1.37. The van der Waals surface area contributed by atoms with Crippen LogP contribution in [0.5, 0.6) is 5.75 Å². The van der Waals surface area contributed by atoms with Crippen LogP contribution in [0.3, 0.4) is 0 Å². The van der Waals surface area contributed by atoms with E-state index in [-0.39, 0.29) is 107 Å². The minimum Gasteiger partial charge on any atom is -0.496 e. The van der Waals surface area contributed by atoms with Crippen molar-refractivity contribution < 1.29 is 102 Å². The lowest BCUT2D eigenvalue weighted by atomic mass is 9.67. The quantitative estimate of drug-likeness (QED) is 0.00966. The third-order valence-corrected chi connectivity index (χ3v) is 28.0. The first-order chi connectivity index (χ1) is 67.6. The fourth-order valence-corrected chi connectivity index (χ4v) is 20.3. The minimum absolute atomic E-state index is 0. The number of nitrogens with zero attached hydrogens (tertiary/aromatic N) is 6. The summed E-state index contributed by atoms with van der Waals surface area (Å²) in [5.41, 5.74) is 8.34. The standard InChI is InChI=1S/C36H40F2N4O4.C35H36F4N4O5.C35H37F3N4O4S.2CH4/c1-23-10-13-27(14-11-23)36(28-9-6-5-8-24(28)2)16-20-41(21-17-36)19-7-18-39-34(44)42-32(26-12-15-29(37)30(38)22-26)31(33(43)46-4)25(3)40-35(42)45;1-21-30(32(44)48-3)31(22-5-11-27(38)28(39)19-22)43(34(46)41-21)33(45)40-15-4-16-42-17-13-35(14-18-42,23-6-8-24(36)9-7-23)26-20-25(37)10-12-29(26)47-2;1-22-30(32(43)46-2)31(23-5-14-28(37)29(38)21-23)42(34(45)40-22)33(44)39-17-4-18-41-19-15-35(16-20-41,24-6-10-26(36)11-7-24)25-8-12-27(47-3)13-9-25;;/h5-6,8-15,22,32H,7,16-21H2,1-4H3,(H,39,44)(H,40,45);5-12,19-20,31H,4,13-18H2,1-3H3,(H,40,45)(H,41,46);5-14,21,31H,4,15-20H2,1-3H3,(H,39,44)(H,40,45);2*1H4. The summed E-state index contributed by atoms with van der Waals surface area (Å²) in [4.78, 5) is 128. The van der Waals surface area contributed by atoms with Crippen LogP contribution >= 0.6 is 11.8 Å². The lowest BCUT2D eigenvalue weighted by molar-refractivity contribution is -0.137. The van der Waals surface area contributed by atoms with Gasteiger partial charge in [0.05, 0.1) is 45.2 Å². The Morgan fingerprint density at radius 1 is 0.371 bits per heavy atom. The number of likely N-dealkylation sites (tertiary alicyclic amines) is 3. The Labute approximate surface area is 831 Å². The number of benzene rings is 9. The number of carbonyl (C=O) groups is 9. The molecular weight excluding hydrogens is 1880 g/mol. The van der Waals surface area contributed by atoms with E-state index in [4.69, 9.17) is 18.9 Å². The number of allylic oxidation sites excluding steroid dienone is 3. The van der Waals surface area contributed by atoms with Crippen LogP contribution in [0.4, 0.5) is 68.3 Å². The van der Waals surface area contributed by atoms with Crippen LogP contribution in [0, 0.1) is 66.2 Å². The molecule has 0 aliphatic carbocycles. The highest BCUT2D eigenvalue weighted by molar-refractivity contribution is 7.98. The average molecular weight is 2000 g/mol. The summed E-state index contributed by atoms with van der Waals surface area (Å²) in [6.07, 6.45) is 8.48.